The molecule has 3 aromatic rings. The van der Waals surface area contributed by atoms with Crippen molar-refractivity contribution < 1.29 is 9.53 Å². The van der Waals surface area contributed by atoms with E-state index in [1.807, 2.05) is 73.0 Å². The molecule has 3 aromatic carbocycles. The van der Waals surface area contributed by atoms with Crippen molar-refractivity contribution in [1.29, 1.82) is 0 Å². The van der Waals surface area contributed by atoms with Crippen LogP contribution in [0.1, 0.15) is 10.4 Å². The standard InChI is InChI=1S/C20H17NO2S/c1-24-17-11-7-8-15(14-17)21-20(22)18-12-5-6-13-19(18)23-16-9-3-2-4-10-16/h2-14H,1H3,(H,21,22). The molecule has 0 aliphatic carbocycles. The van der Waals surface area contributed by atoms with Crippen molar-refractivity contribution in [3.63, 3.8) is 0 Å². The van der Waals surface area contributed by atoms with Gasteiger partial charge in [0.2, 0.25) is 0 Å². The smallest absolute Gasteiger partial charge is 0.259 e. The Kier molecular flexibility index (Phi) is 5.18. The van der Waals surface area contributed by atoms with Crippen LogP contribution in [-0.2, 0) is 0 Å². The Hall–Kier alpha value is -2.72. The topological polar surface area (TPSA) is 38.3 Å². The highest BCUT2D eigenvalue weighted by atomic mass is 32.2. The molecule has 0 aliphatic heterocycles. The fraction of sp³-hybridized carbons (Fsp3) is 0.0500. The lowest BCUT2D eigenvalue weighted by Crippen LogP contribution is -2.13. The first-order chi connectivity index (χ1) is 11.8. The fourth-order valence-corrected chi connectivity index (χ4v) is 2.72. The van der Waals surface area contributed by atoms with E-state index in [2.05, 4.69) is 5.32 Å². The van der Waals surface area contributed by atoms with E-state index in [1.165, 1.54) is 0 Å². The van der Waals surface area contributed by atoms with Crippen molar-refractivity contribution in [2.75, 3.05) is 11.6 Å². The van der Waals surface area contributed by atoms with Crippen LogP contribution >= 0.6 is 11.8 Å². The Morgan fingerprint density at radius 2 is 1.67 bits per heavy atom. The number of amides is 1. The number of thioether (sulfide) groups is 1. The monoisotopic (exact) mass is 335 g/mol. The molecule has 0 atom stereocenters. The van der Waals surface area contributed by atoms with Crippen LogP contribution in [0, 0.1) is 0 Å². The molecule has 0 aromatic heterocycles. The van der Waals surface area contributed by atoms with E-state index in [4.69, 9.17) is 4.74 Å². The normalized spacial score (nSPS) is 10.2. The average Bonchev–Trinajstić information content (AvgIpc) is 2.63. The molecule has 0 spiro atoms. The summed E-state index contributed by atoms with van der Waals surface area (Å²) < 4.78 is 5.85. The highest BCUT2D eigenvalue weighted by molar-refractivity contribution is 7.98. The molecule has 4 heteroatoms. The molecule has 0 saturated heterocycles. The van der Waals surface area contributed by atoms with Gasteiger partial charge in [-0.3, -0.25) is 4.79 Å². The molecule has 0 saturated carbocycles. The molecule has 0 radical (unpaired) electrons. The zero-order chi connectivity index (χ0) is 16.8. The minimum Gasteiger partial charge on any atom is -0.457 e. The predicted octanol–water partition coefficient (Wildman–Crippen LogP) is 5.45. The van der Waals surface area contributed by atoms with Crippen LogP contribution in [0.4, 0.5) is 5.69 Å². The molecule has 1 N–H and O–H groups in total. The summed E-state index contributed by atoms with van der Waals surface area (Å²) in [6, 6.07) is 24.4. The zero-order valence-electron chi connectivity index (χ0n) is 13.2. The van der Waals surface area contributed by atoms with Crippen molar-refractivity contribution in [3.8, 4) is 11.5 Å². The van der Waals surface area contributed by atoms with Crippen molar-refractivity contribution in [2.45, 2.75) is 4.90 Å². The molecular formula is C20H17NO2S. The molecule has 0 fully saturated rings. The quantitative estimate of drug-likeness (QED) is 0.630. The first kappa shape index (κ1) is 16.1. The number of para-hydroxylation sites is 2. The van der Waals surface area contributed by atoms with Crippen LogP contribution in [0.5, 0.6) is 11.5 Å². The summed E-state index contributed by atoms with van der Waals surface area (Å²) in [6.45, 7) is 0. The summed E-state index contributed by atoms with van der Waals surface area (Å²) >= 11 is 1.63. The van der Waals surface area contributed by atoms with Gasteiger partial charge in [-0.15, -0.1) is 11.8 Å². The molecule has 0 bridgehead atoms. The number of carbonyl (C=O) groups is 1. The van der Waals surface area contributed by atoms with Crippen molar-refractivity contribution >= 4 is 23.4 Å². The lowest BCUT2D eigenvalue weighted by atomic mass is 10.2. The Balaban J connectivity index is 1.82. The molecule has 0 aliphatic rings. The number of rotatable bonds is 5. The summed E-state index contributed by atoms with van der Waals surface area (Å²) in [4.78, 5) is 13.7. The van der Waals surface area contributed by atoms with E-state index < -0.39 is 0 Å². The number of carbonyl (C=O) groups excluding carboxylic acids is 1. The van der Waals surface area contributed by atoms with Crippen LogP contribution in [-0.4, -0.2) is 12.2 Å². The van der Waals surface area contributed by atoms with Gasteiger partial charge < -0.3 is 10.1 Å². The van der Waals surface area contributed by atoms with Gasteiger partial charge in [-0.2, -0.15) is 0 Å². The molecule has 120 valence electrons. The maximum atomic E-state index is 12.6. The van der Waals surface area contributed by atoms with Gasteiger partial charge in [0.25, 0.3) is 5.91 Å². The highest BCUT2D eigenvalue weighted by Gasteiger charge is 2.13. The summed E-state index contributed by atoms with van der Waals surface area (Å²) in [6.07, 6.45) is 2.00. The molecule has 1 amide bonds. The number of ether oxygens (including phenoxy) is 1. The first-order valence-corrected chi connectivity index (χ1v) is 8.76. The van der Waals surface area contributed by atoms with Crippen LogP contribution in [0.15, 0.2) is 83.8 Å². The van der Waals surface area contributed by atoms with Gasteiger partial charge >= 0.3 is 0 Å². The fourth-order valence-electron chi connectivity index (χ4n) is 2.26. The van der Waals surface area contributed by atoms with E-state index in [1.54, 1.807) is 23.9 Å². The first-order valence-electron chi connectivity index (χ1n) is 7.53. The second kappa shape index (κ2) is 7.70. The minimum absolute atomic E-state index is 0.195. The van der Waals surface area contributed by atoms with Crippen LogP contribution in [0.3, 0.4) is 0 Å². The number of hydrogen-bond acceptors (Lipinski definition) is 3. The Morgan fingerprint density at radius 3 is 2.46 bits per heavy atom. The predicted molar refractivity (Wildman–Crippen MR) is 99.1 cm³/mol. The number of hydrogen-bond donors (Lipinski definition) is 1. The van der Waals surface area contributed by atoms with Crippen molar-refractivity contribution in [2.24, 2.45) is 0 Å². The van der Waals surface area contributed by atoms with Gasteiger partial charge in [0.15, 0.2) is 0 Å². The van der Waals surface area contributed by atoms with E-state index in [-0.39, 0.29) is 5.91 Å². The van der Waals surface area contributed by atoms with Crippen LogP contribution in [0.25, 0.3) is 0 Å². The van der Waals surface area contributed by atoms with Gasteiger partial charge in [0.1, 0.15) is 11.5 Å². The lowest BCUT2D eigenvalue weighted by molar-refractivity contribution is 0.102. The van der Waals surface area contributed by atoms with Gasteiger partial charge in [-0.1, -0.05) is 36.4 Å². The largest absolute Gasteiger partial charge is 0.457 e. The van der Waals surface area contributed by atoms with Gasteiger partial charge in [0, 0.05) is 10.6 Å². The summed E-state index contributed by atoms with van der Waals surface area (Å²) in [5.74, 6) is 1.03. The number of nitrogens with one attached hydrogen (secondary N) is 1. The highest BCUT2D eigenvalue weighted by Crippen LogP contribution is 2.26. The van der Waals surface area contributed by atoms with Gasteiger partial charge in [-0.25, -0.2) is 0 Å². The molecule has 0 unspecified atom stereocenters. The van der Waals surface area contributed by atoms with E-state index >= 15 is 0 Å². The summed E-state index contributed by atoms with van der Waals surface area (Å²) in [5.41, 5.74) is 1.26. The van der Waals surface area contributed by atoms with Gasteiger partial charge in [-0.05, 0) is 48.7 Å². The Bertz CT molecular complexity index is 834. The second-order valence-electron chi connectivity index (χ2n) is 5.10. The van der Waals surface area contributed by atoms with Crippen molar-refractivity contribution in [1.82, 2.24) is 0 Å². The van der Waals surface area contributed by atoms with Crippen LogP contribution < -0.4 is 10.1 Å². The lowest BCUT2D eigenvalue weighted by Gasteiger charge is -2.12. The molecular weight excluding hydrogens is 318 g/mol. The van der Waals surface area contributed by atoms with E-state index in [0.717, 1.165) is 10.6 Å². The molecule has 24 heavy (non-hydrogen) atoms. The van der Waals surface area contributed by atoms with Crippen molar-refractivity contribution in [3.05, 3.63) is 84.4 Å². The minimum atomic E-state index is -0.195. The average molecular weight is 335 g/mol. The second-order valence-corrected chi connectivity index (χ2v) is 5.98. The Morgan fingerprint density at radius 1 is 0.917 bits per heavy atom. The molecule has 3 rings (SSSR count). The zero-order valence-corrected chi connectivity index (χ0v) is 14.0. The Labute approximate surface area is 145 Å². The third-order valence-corrected chi connectivity index (χ3v) is 4.16. The van der Waals surface area contributed by atoms with E-state index in [9.17, 15) is 4.79 Å². The summed E-state index contributed by atoms with van der Waals surface area (Å²) in [5, 5.41) is 2.93. The van der Waals surface area contributed by atoms with E-state index in [0.29, 0.717) is 17.1 Å². The number of anilines is 1. The van der Waals surface area contributed by atoms with Gasteiger partial charge in [0.05, 0.1) is 5.56 Å². The third-order valence-electron chi connectivity index (χ3n) is 3.43. The maximum absolute atomic E-state index is 12.6. The SMILES string of the molecule is CSc1cccc(NC(=O)c2ccccc2Oc2ccccc2)c1. The third kappa shape index (κ3) is 3.97. The van der Waals surface area contributed by atoms with Crippen LogP contribution in [0.2, 0.25) is 0 Å². The summed E-state index contributed by atoms with van der Waals surface area (Å²) in [7, 11) is 0. The maximum Gasteiger partial charge on any atom is 0.259 e. The number of benzene rings is 3. The molecule has 0 heterocycles. The molecule has 3 nitrogen and oxygen atoms in total.